The van der Waals surface area contributed by atoms with Crippen LogP contribution in [0.1, 0.15) is 66.7 Å². The Labute approximate surface area is 238 Å². The molecule has 0 heterocycles. The summed E-state index contributed by atoms with van der Waals surface area (Å²) in [4.78, 5) is 0. The van der Waals surface area contributed by atoms with Crippen LogP contribution in [0.3, 0.4) is 0 Å². The van der Waals surface area contributed by atoms with E-state index in [4.69, 9.17) is 0 Å². The molecule has 4 atom stereocenters. The van der Waals surface area contributed by atoms with Crippen LogP contribution < -0.4 is 0 Å². The van der Waals surface area contributed by atoms with E-state index in [0.29, 0.717) is 22.2 Å². The number of hydrogen-bond acceptors (Lipinski definition) is 0. The van der Waals surface area contributed by atoms with Crippen molar-refractivity contribution in [2.45, 2.75) is 22.2 Å². The molecule has 2 heteroatoms. The summed E-state index contributed by atoms with van der Waals surface area (Å²) in [6.07, 6.45) is 19.9. The van der Waals surface area contributed by atoms with E-state index in [1.165, 1.54) is 44.5 Å². The van der Waals surface area contributed by atoms with E-state index >= 15 is 0 Å². The minimum absolute atomic E-state index is 0. The van der Waals surface area contributed by atoms with Crippen molar-refractivity contribution in [3.8, 4) is 0 Å². The van der Waals surface area contributed by atoms with Crippen molar-refractivity contribution >= 4 is 51.2 Å². The predicted octanol–water partition coefficient (Wildman–Crippen LogP) is 8.45. The summed E-state index contributed by atoms with van der Waals surface area (Å²) < 4.78 is 0. The minimum atomic E-state index is -2.42. The monoisotopic (exact) mass is 495 g/mol. The molecular formula is C36H28LiSi. The minimum Gasteiger partial charge on any atom is -0.0790 e. The first-order chi connectivity index (χ1) is 18.4. The molecule has 0 aliphatic heterocycles. The predicted molar refractivity (Wildman–Crippen MR) is 164 cm³/mol. The Kier molecular flexibility index (Phi) is 5.71. The van der Waals surface area contributed by atoms with Gasteiger partial charge in [-0.3, -0.25) is 0 Å². The van der Waals surface area contributed by atoms with Crippen molar-refractivity contribution in [1.29, 1.82) is 0 Å². The summed E-state index contributed by atoms with van der Waals surface area (Å²) >= 11 is 0. The van der Waals surface area contributed by atoms with Crippen LogP contribution in [-0.2, 0) is 0 Å². The third-order valence-electron chi connectivity index (χ3n) is 9.35. The smallest absolute Gasteiger partial charge is 0.0790 e. The van der Waals surface area contributed by atoms with Gasteiger partial charge >= 0.3 is 0 Å². The SMILES string of the molecule is C1=CC([Si](C2C=Cc3ccccc32)(C2C=Cc3ccccc32)C2C=Cc3ccccc32)c2ccccc21.[Li]. The van der Waals surface area contributed by atoms with Gasteiger partial charge in [0.05, 0.1) is 8.07 Å². The molecule has 0 nitrogen and oxygen atoms in total. The standard InChI is InChI=1S/C36H28Si.Li/c1-5-13-29-25(9-1)17-21-33(29)37(34-22-18-26-10-2-6-14-30(26)34,35-23-19-27-11-3-7-15-31(27)35)36-24-20-28-12-4-8-16-32(28)36;/h1-24,33-36H;. The Morgan fingerprint density at radius 2 is 0.579 bits per heavy atom. The van der Waals surface area contributed by atoms with Crippen molar-refractivity contribution in [2.24, 2.45) is 0 Å². The van der Waals surface area contributed by atoms with E-state index in [2.05, 4.69) is 146 Å². The van der Waals surface area contributed by atoms with Crippen molar-refractivity contribution in [1.82, 2.24) is 0 Å². The Bertz CT molecular complexity index is 1420. The summed E-state index contributed by atoms with van der Waals surface area (Å²) in [5.41, 5.74) is 13.3. The molecular weight excluding hydrogens is 467 g/mol. The Morgan fingerprint density at radius 1 is 0.342 bits per heavy atom. The molecule has 4 aromatic carbocycles. The van der Waals surface area contributed by atoms with Gasteiger partial charge in [0.15, 0.2) is 0 Å². The van der Waals surface area contributed by atoms with E-state index in [9.17, 15) is 0 Å². The third kappa shape index (κ3) is 3.23. The molecule has 4 aliphatic rings. The van der Waals surface area contributed by atoms with Crippen molar-refractivity contribution in [3.05, 3.63) is 166 Å². The second kappa shape index (κ2) is 9.14. The molecule has 0 saturated heterocycles. The van der Waals surface area contributed by atoms with Gasteiger partial charge in [0, 0.05) is 41.0 Å². The average molecular weight is 496 g/mol. The van der Waals surface area contributed by atoms with E-state index in [1.54, 1.807) is 0 Å². The topological polar surface area (TPSA) is 0 Å². The van der Waals surface area contributed by atoms with Gasteiger partial charge < -0.3 is 0 Å². The summed E-state index contributed by atoms with van der Waals surface area (Å²) in [6, 6.07) is 36.6. The number of fused-ring (bicyclic) bond motifs is 4. The van der Waals surface area contributed by atoms with Gasteiger partial charge in [-0.2, -0.15) is 0 Å². The first kappa shape index (κ1) is 23.7. The summed E-state index contributed by atoms with van der Waals surface area (Å²) in [6.45, 7) is 0. The van der Waals surface area contributed by atoms with Crippen LogP contribution in [0.2, 0.25) is 0 Å². The number of rotatable bonds is 4. The summed E-state index contributed by atoms with van der Waals surface area (Å²) in [5, 5.41) is 0. The van der Waals surface area contributed by atoms with Gasteiger partial charge in [0.25, 0.3) is 0 Å². The van der Waals surface area contributed by atoms with Gasteiger partial charge in [0.2, 0.25) is 0 Å². The van der Waals surface area contributed by atoms with Crippen LogP contribution in [-0.4, -0.2) is 26.9 Å². The molecule has 0 bridgehead atoms. The van der Waals surface area contributed by atoms with Crippen LogP contribution in [0.25, 0.3) is 24.3 Å². The molecule has 0 fully saturated rings. The molecule has 177 valence electrons. The number of benzene rings is 4. The maximum absolute atomic E-state index is 2.58. The van der Waals surface area contributed by atoms with E-state index in [-0.39, 0.29) is 18.9 Å². The van der Waals surface area contributed by atoms with Crippen LogP contribution in [0.5, 0.6) is 0 Å². The maximum atomic E-state index is 2.58. The molecule has 38 heavy (non-hydrogen) atoms. The Morgan fingerprint density at radius 3 is 0.842 bits per heavy atom. The van der Waals surface area contributed by atoms with E-state index < -0.39 is 8.07 Å². The van der Waals surface area contributed by atoms with E-state index in [0.717, 1.165) is 0 Å². The van der Waals surface area contributed by atoms with Crippen molar-refractivity contribution < 1.29 is 0 Å². The maximum Gasteiger partial charge on any atom is 0.0997 e. The Balaban J connectivity index is 0.00000242. The molecule has 8 rings (SSSR count). The zero-order chi connectivity index (χ0) is 24.4. The molecule has 0 aromatic heterocycles. The quantitative estimate of drug-likeness (QED) is 0.249. The van der Waals surface area contributed by atoms with E-state index in [1.807, 2.05) is 0 Å². The van der Waals surface area contributed by atoms with Gasteiger partial charge in [-0.05, 0) is 44.5 Å². The van der Waals surface area contributed by atoms with Crippen LogP contribution in [0, 0.1) is 0 Å². The fourth-order valence-corrected chi connectivity index (χ4v) is 15.1. The van der Waals surface area contributed by atoms with Gasteiger partial charge in [-0.1, -0.05) is 146 Å². The fraction of sp³-hybridized carbons (Fsp3) is 0.111. The van der Waals surface area contributed by atoms with Gasteiger partial charge in [0.1, 0.15) is 0 Å². The second-order valence-electron chi connectivity index (χ2n) is 10.9. The summed E-state index contributed by atoms with van der Waals surface area (Å²) in [7, 11) is -2.42. The van der Waals surface area contributed by atoms with Crippen LogP contribution >= 0.6 is 0 Å². The van der Waals surface area contributed by atoms with Gasteiger partial charge in [-0.15, -0.1) is 0 Å². The molecule has 0 spiro atoms. The van der Waals surface area contributed by atoms with Crippen molar-refractivity contribution in [2.75, 3.05) is 0 Å². The number of allylic oxidation sites excluding steroid dienone is 4. The molecule has 0 saturated carbocycles. The second-order valence-corrected chi connectivity index (χ2v) is 15.4. The molecule has 4 aliphatic carbocycles. The largest absolute Gasteiger partial charge is 0.0997 e. The number of hydrogen-bond donors (Lipinski definition) is 0. The third-order valence-corrected chi connectivity index (χ3v) is 15.7. The average Bonchev–Trinajstić information content (AvgIpc) is 3.75. The molecule has 4 unspecified atom stereocenters. The first-order valence-electron chi connectivity index (χ1n) is 13.4. The van der Waals surface area contributed by atoms with Crippen molar-refractivity contribution in [3.63, 3.8) is 0 Å². The zero-order valence-corrected chi connectivity index (χ0v) is 22.7. The Hall–Kier alpha value is -3.35. The van der Waals surface area contributed by atoms with Gasteiger partial charge in [-0.25, -0.2) is 0 Å². The fourth-order valence-electron chi connectivity index (χ4n) is 7.90. The molecule has 4 aromatic rings. The summed E-state index contributed by atoms with van der Waals surface area (Å²) in [5.74, 6) is 0. The zero-order valence-electron chi connectivity index (χ0n) is 21.7. The van der Waals surface area contributed by atoms with Crippen LogP contribution in [0.4, 0.5) is 0 Å². The molecule has 0 N–H and O–H groups in total. The molecule has 1 radical (unpaired) electrons. The molecule has 0 amide bonds. The van der Waals surface area contributed by atoms with Crippen LogP contribution in [0.15, 0.2) is 121 Å². The first-order valence-corrected chi connectivity index (χ1v) is 15.7. The normalized spacial score (nSPS) is 24.4.